The molecule has 0 aliphatic heterocycles. The van der Waals surface area contributed by atoms with Crippen LogP contribution >= 0.6 is 11.6 Å². The van der Waals surface area contributed by atoms with E-state index in [1.807, 2.05) is 7.05 Å². The van der Waals surface area contributed by atoms with E-state index in [-0.39, 0.29) is 5.82 Å². The number of hydrogen-bond donors (Lipinski definition) is 1. The molecule has 1 aromatic carbocycles. The van der Waals surface area contributed by atoms with Crippen molar-refractivity contribution in [2.75, 3.05) is 7.05 Å². The van der Waals surface area contributed by atoms with E-state index in [4.69, 9.17) is 11.6 Å². The summed E-state index contributed by atoms with van der Waals surface area (Å²) in [5.74, 6) is -0.213. The van der Waals surface area contributed by atoms with Crippen LogP contribution in [0, 0.1) is 5.82 Å². The minimum Gasteiger partial charge on any atom is -0.317 e. The SMILES string of the molecule is CCCCCCC(Cc1cc(F)ccc1Cl)NC. The Hall–Kier alpha value is -0.600. The molecule has 0 saturated heterocycles. The molecule has 1 nitrogen and oxygen atoms in total. The predicted molar refractivity (Wildman–Crippen MR) is 76.7 cm³/mol. The topological polar surface area (TPSA) is 12.0 Å². The number of likely N-dealkylation sites (N-methyl/N-ethyl adjacent to an activating group) is 1. The summed E-state index contributed by atoms with van der Waals surface area (Å²) < 4.78 is 13.2. The lowest BCUT2D eigenvalue weighted by atomic mass is 10.00. The Morgan fingerprint density at radius 3 is 2.72 bits per heavy atom. The Bertz CT molecular complexity index is 354. The van der Waals surface area contributed by atoms with Gasteiger partial charge >= 0.3 is 0 Å². The van der Waals surface area contributed by atoms with Crippen LogP contribution in [-0.2, 0) is 6.42 Å². The largest absolute Gasteiger partial charge is 0.317 e. The zero-order valence-electron chi connectivity index (χ0n) is 11.3. The van der Waals surface area contributed by atoms with Crippen LogP contribution in [-0.4, -0.2) is 13.1 Å². The van der Waals surface area contributed by atoms with E-state index >= 15 is 0 Å². The van der Waals surface area contributed by atoms with E-state index in [1.165, 1.54) is 31.7 Å². The third-order valence-corrected chi connectivity index (χ3v) is 3.66. The summed E-state index contributed by atoms with van der Waals surface area (Å²) in [4.78, 5) is 0. The maximum Gasteiger partial charge on any atom is 0.123 e. The van der Waals surface area contributed by atoms with Crippen LogP contribution in [0.3, 0.4) is 0 Å². The smallest absolute Gasteiger partial charge is 0.123 e. The second-order valence-corrected chi connectivity index (χ2v) is 5.18. The van der Waals surface area contributed by atoms with Gasteiger partial charge in [-0.1, -0.05) is 44.2 Å². The first-order chi connectivity index (χ1) is 8.67. The summed E-state index contributed by atoms with van der Waals surface area (Å²) in [5.41, 5.74) is 0.895. The molecule has 1 aromatic rings. The van der Waals surface area contributed by atoms with Gasteiger partial charge < -0.3 is 5.32 Å². The molecule has 1 N–H and O–H groups in total. The molecule has 1 rings (SSSR count). The third kappa shape index (κ3) is 5.36. The number of halogens is 2. The maximum atomic E-state index is 13.2. The van der Waals surface area contributed by atoms with Crippen molar-refractivity contribution in [3.05, 3.63) is 34.6 Å². The minimum absolute atomic E-state index is 0.213. The summed E-state index contributed by atoms with van der Waals surface area (Å²) >= 11 is 6.09. The molecule has 0 amide bonds. The van der Waals surface area contributed by atoms with Crippen LogP contribution in [0.2, 0.25) is 5.02 Å². The van der Waals surface area contributed by atoms with E-state index in [0.717, 1.165) is 18.4 Å². The highest BCUT2D eigenvalue weighted by atomic mass is 35.5. The van der Waals surface area contributed by atoms with Gasteiger partial charge in [0.25, 0.3) is 0 Å². The zero-order chi connectivity index (χ0) is 13.4. The maximum absolute atomic E-state index is 13.2. The molecule has 1 atom stereocenters. The lowest BCUT2D eigenvalue weighted by Gasteiger charge is -2.17. The quantitative estimate of drug-likeness (QED) is 0.683. The molecular weight excluding hydrogens is 249 g/mol. The molecular formula is C15H23ClFN. The van der Waals surface area contributed by atoms with Crippen molar-refractivity contribution >= 4 is 11.6 Å². The molecule has 0 aromatic heterocycles. The van der Waals surface area contributed by atoms with Crippen LogP contribution < -0.4 is 5.32 Å². The van der Waals surface area contributed by atoms with Gasteiger partial charge in [0.15, 0.2) is 0 Å². The zero-order valence-corrected chi connectivity index (χ0v) is 12.1. The fraction of sp³-hybridized carbons (Fsp3) is 0.600. The van der Waals surface area contributed by atoms with Crippen molar-refractivity contribution in [3.63, 3.8) is 0 Å². The Morgan fingerprint density at radius 2 is 2.06 bits per heavy atom. The summed E-state index contributed by atoms with van der Waals surface area (Å²) in [7, 11) is 1.96. The first kappa shape index (κ1) is 15.5. The molecule has 3 heteroatoms. The summed E-state index contributed by atoms with van der Waals surface area (Å²) in [6.07, 6.45) is 6.93. The highest BCUT2D eigenvalue weighted by Crippen LogP contribution is 2.20. The van der Waals surface area contributed by atoms with Gasteiger partial charge in [0.05, 0.1) is 0 Å². The van der Waals surface area contributed by atoms with Gasteiger partial charge in [0.1, 0.15) is 5.82 Å². The Balaban J connectivity index is 2.48. The molecule has 0 aliphatic carbocycles. The highest BCUT2D eigenvalue weighted by Gasteiger charge is 2.10. The standard InChI is InChI=1S/C15H23ClFN/c1-3-4-5-6-7-14(18-2)11-12-10-13(17)8-9-15(12)16/h8-10,14,18H,3-7,11H2,1-2H3. The van der Waals surface area contributed by atoms with E-state index in [9.17, 15) is 4.39 Å². The van der Waals surface area contributed by atoms with E-state index < -0.39 is 0 Å². The molecule has 0 bridgehead atoms. The van der Waals surface area contributed by atoms with Crippen molar-refractivity contribution in [1.82, 2.24) is 5.32 Å². The molecule has 0 saturated carbocycles. The van der Waals surface area contributed by atoms with E-state index in [2.05, 4.69) is 12.2 Å². The first-order valence-corrected chi connectivity index (χ1v) is 7.16. The van der Waals surface area contributed by atoms with Crippen molar-refractivity contribution in [1.29, 1.82) is 0 Å². The van der Waals surface area contributed by atoms with Crippen LogP contribution in [0.1, 0.15) is 44.6 Å². The molecule has 1 unspecified atom stereocenters. The average molecular weight is 272 g/mol. The first-order valence-electron chi connectivity index (χ1n) is 6.78. The number of unbranched alkanes of at least 4 members (excludes halogenated alkanes) is 3. The van der Waals surface area contributed by atoms with Crippen LogP contribution in [0.25, 0.3) is 0 Å². The van der Waals surface area contributed by atoms with Gasteiger partial charge in [-0.05, 0) is 43.7 Å². The number of benzene rings is 1. The Morgan fingerprint density at radius 1 is 1.28 bits per heavy atom. The van der Waals surface area contributed by atoms with E-state index in [0.29, 0.717) is 11.1 Å². The van der Waals surface area contributed by atoms with Crippen LogP contribution in [0.4, 0.5) is 4.39 Å². The van der Waals surface area contributed by atoms with Gasteiger partial charge in [0, 0.05) is 11.1 Å². The molecule has 0 heterocycles. The Labute approximate surface area is 115 Å². The summed E-state index contributed by atoms with van der Waals surface area (Å²) in [6, 6.07) is 4.96. The summed E-state index contributed by atoms with van der Waals surface area (Å²) in [5, 5.41) is 3.95. The fourth-order valence-corrected chi connectivity index (χ4v) is 2.33. The van der Waals surface area contributed by atoms with Gasteiger partial charge in [-0.25, -0.2) is 4.39 Å². The minimum atomic E-state index is -0.213. The van der Waals surface area contributed by atoms with E-state index in [1.54, 1.807) is 12.1 Å². The Kier molecular flexibility index (Phi) is 7.29. The molecule has 102 valence electrons. The number of rotatable bonds is 8. The van der Waals surface area contributed by atoms with Gasteiger partial charge in [-0.15, -0.1) is 0 Å². The van der Waals surface area contributed by atoms with Crippen LogP contribution in [0.5, 0.6) is 0 Å². The van der Waals surface area contributed by atoms with Crippen molar-refractivity contribution in [2.45, 2.75) is 51.5 Å². The van der Waals surface area contributed by atoms with Gasteiger partial charge in [-0.3, -0.25) is 0 Å². The van der Waals surface area contributed by atoms with Crippen LogP contribution in [0.15, 0.2) is 18.2 Å². The summed E-state index contributed by atoms with van der Waals surface area (Å²) in [6.45, 7) is 2.21. The van der Waals surface area contributed by atoms with Crippen molar-refractivity contribution in [3.8, 4) is 0 Å². The lowest BCUT2D eigenvalue weighted by Crippen LogP contribution is -2.27. The third-order valence-electron chi connectivity index (χ3n) is 3.29. The predicted octanol–water partition coefficient (Wildman–Crippen LogP) is 4.58. The molecule has 0 aliphatic rings. The molecule has 0 radical (unpaired) electrons. The van der Waals surface area contributed by atoms with Gasteiger partial charge in [0.2, 0.25) is 0 Å². The average Bonchev–Trinajstić information content (AvgIpc) is 2.37. The normalized spacial score (nSPS) is 12.7. The molecule has 0 fully saturated rings. The number of hydrogen-bond acceptors (Lipinski definition) is 1. The van der Waals surface area contributed by atoms with Crippen molar-refractivity contribution in [2.24, 2.45) is 0 Å². The van der Waals surface area contributed by atoms with Gasteiger partial charge in [-0.2, -0.15) is 0 Å². The highest BCUT2D eigenvalue weighted by molar-refractivity contribution is 6.31. The monoisotopic (exact) mass is 271 g/mol. The number of nitrogens with one attached hydrogen (secondary N) is 1. The lowest BCUT2D eigenvalue weighted by molar-refractivity contribution is 0.484. The molecule has 0 spiro atoms. The molecule has 18 heavy (non-hydrogen) atoms. The second kappa shape index (κ2) is 8.49. The fourth-order valence-electron chi connectivity index (χ4n) is 2.13. The van der Waals surface area contributed by atoms with Crippen molar-refractivity contribution < 1.29 is 4.39 Å². The second-order valence-electron chi connectivity index (χ2n) is 4.77.